The largest absolute Gasteiger partial charge is 0.198 e. The van der Waals surface area contributed by atoms with Crippen LogP contribution in [0.15, 0.2) is 10.2 Å². The monoisotopic (exact) mass is 371 g/mol. The maximum Gasteiger partial charge on any atom is 0.111 e. The molecule has 152 valence electrons. The maximum atomic E-state index is 10.8. The van der Waals surface area contributed by atoms with Gasteiger partial charge < -0.3 is 0 Å². The number of hydrogen-bond donors (Lipinski definition) is 0. The van der Waals surface area contributed by atoms with E-state index in [0.717, 1.165) is 19.3 Å². The van der Waals surface area contributed by atoms with Crippen LogP contribution in [0.3, 0.4) is 0 Å². The summed E-state index contributed by atoms with van der Waals surface area (Å²) < 4.78 is 0. The Morgan fingerprint density at radius 2 is 1.26 bits per heavy atom. The van der Waals surface area contributed by atoms with Gasteiger partial charge in [0.25, 0.3) is 0 Å². The summed E-state index contributed by atoms with van der Waals surface area (Å²) in [5.41, 5.74) is -1.01. The molecule has 0 aromatic carbocycles. The van der Waals surface area contributed by atoms with Crippen LogP contribution in [-0.4, -0.2) is 11.1 Å². The van der Waals surface area contributed by atoms with Crippen molar-refractivity contribution in [2.24, 2.45) is 51.2 Å². The topological polar surface area (TPSA) is 48.5 Å². The van der Waals surface area contributed by atoms with Gasteiger partial charge in [-0.25, -0.2) is 0 Å². The van der Waals surface area contributed by atoms with E-state index in [1.54, 1.807) is 0 Å². The molecule has 3 aliphatic rings. The van der Waals surface area contributed by atoms with Crippen LogP contribution < -0.4 is 0 Å². The second-order valence-corrected chi connectivity index (χ2v) is 10.8. The van der Waals surface area contributed by atoms with E-state index in [9.17, 15) is 5.26 Å². The SMILES string of the molecule is CCC1(C#N)C2(CC(C(C)C)CCC2C)N=NC12CC(C(C)C)CCC2C. The zero-order valence-electron chi connectivity index (χ0n) is 18.8. The zero-order valence-corrected chi connectivity index (χ0v) is 18.8. The standard InChI is InChI=1S/C24H41N3/c1-8-22(15-25)23(13-20(16(2)3)11-9-18(23)6)26-27-24(22)14-21(17(4)5)12-10-19(24)7/h16-21H,8-14H2,1-7H3. The summed E-state index contributed by atoms with van der Waals surface area (Å²) >= 11 is 0. The maximum absolute atomic E-state index is 10.8. The molecule has 0 radical (unpaired) electrons. The Morgan fingerprint density at radius 1 is 0.852 bits per heavy atom. The number of nitriles is 1. The highest BCUT2D eigenvalue weighted by Crippen LogP contribution is 2.67. The van der Waals surface area contributed by atoms with Crippen LogP contribution in [0.25, 0.3) is 0 Å². The molecule has 2 saturated carbocycles. The Bertz CT molecular complexity index is 574. The molecule has 2 aliphatic carbocycles. The van der Waals surface area contributed by atoms with Crippen molar-refractivity contribution in [2.75, 3.05) is 0 Å². The van der Waals surface area contributed by atoms with Crippen LogP contribution in [0, 0.1) is 52.3 Å². The predicted molar refractivity (Wildman–Crippen MR) is 111 cm³/mol. The van der Waals surface area contributed by atoms with E-state index < -0.39 is 5.41 Å². The predicted octanol–water partition coefficient (Wildman–Crippen LogP) is 7.03. The van der Waals surface area contributed by atoms with Gasteiger partial charge in [-0.15, -0.1) is 0 Å². The molecular weight excluding hydrogens is 330 g/mol. The average Bonchev–Trinajstić information content (AvgIpc) is 2.90. The fraction of sp³-hybridized carbons (Fsp3) is 0.958. The highest BCUT2D eigenvalue weighted by molar-refractivity contribution is 5.32. The van der Waals surface area contributed by atoms with Crippen molar-refractivity contribution in [3.05, 3.63) is 0 Å². The molecule has 3 heteroatoms. The number of nitrogens with zero attached hydrogens (tertiary/aromatic N) is 3. The molecule has 0 bridgehead atoms. The summed E-state index contributed by atoms with van der Waals surface area (Å²) in [6.45, 7) is 16.3. The minimum absolute atomic E-state index is 0.281. The van der Waals surface area contributed by atoms with E-state index in [2.05, 4.69) is 54.5 Å². The van der Waals surface area contributed by atoms with E-state index in [0.29, 0.717) is 35.5 Å². The molecule has 0 amide bonds. The minimum Gasteiger partial charge on any atom is -0.198 e. The molecule has 0 aromatic rings. The summed E-state index contributed by atoms with van der Waals surface area (Å²) in [7, 11) is 0. The Morgan fingerprint density at radius 3 is 1.56 bits per heavy atom. The molecule has 27 heavy (non-hydrogen) atoms. The first-order valence-corrected chi connectivity index (χ1v) is 11.5. The van der Waals surface area contributed by atoms with Gasteiger partial charge in [-0.1, -0.05) is 48.5 Å². The van der Waals surface area contributed by atoms with Gasteiger partial charge >= 0.3 is 0 Å². The van der Waals surface area contributed by atoms with E-state index in [-0.39, 0.29) is 11.1 Å². The van der Waals surface area contributed by atoms with E-state index >= 15 is 0 Å². The minimum atomic E-state index is -0.444. The normalized spacial score (nSPS) is 47.3. The lowest BCUT2D eigenvalue weighted by molar-refractivity contribution is -0.0278. The van der Waals surface area contributed by atoms with Crippen molar-refractivity contribution in [1.29, 1.82) is 5.26 Å². The van der Waals surface area contributed by atoms with E-state index in [1.165, 1.54) is 25.7 Å². The van der Waals surface area contributed by atoms with Gasteiger partial charge in [0.05, 0.1) is 6.07 Å². The Kier molecular flexibility index (Phi) is 5.52. The van der Waals surface area contributed by atoms with Crippen LogP contribution in [0.2, 0.25) is 0 Å². The van der Waals surface area contributed by atoms with Crippen molar-refractivity contribution in [3.8, 4) is 6.07 Å². The second kappa shape index (κ2) is 7.16. The first-order chi connectivity index (χ1) is 12.7. The summed E-state index contributed by atoms with van der Waals surface area (Å²) in [6, 6.07) is 2.94. The van der Waals surface area contributed by atoms with Crippen LogP contribution in [0.1, 0.15) is 93.4 Å². The van der Waals surface area contributed by atoms with Crippen molar-refractivity contribution in [2.45, 2.75) is 104 Å². The Balaban J connectivity index is 2.11. The van der Waals surface area contributed by atoms with Gasteiger partial charge in [0.15, 0.2) is 0 Å². The average molecular weight is 372 g/mol. The van der Waals surface area contributed by atoms with Gasteiger partial charge in [0, 0.05) is 0 Å². The molecule has 1 heterocycles. The number of hydrogen-bond acceptors (Lipinski definition) is 3. The molecule has 3 rings (SSSR count). The summed E-state index contributed by atoms with van der Waals surface area (Å²) in [5, 5.41) is 21.1. The quantitative estimate of drug-likeness (QED) is 0.525. The van der Waals surface area contributed by atoms with Gasteiger partial charge in [0.2, 0.25) is 0 Å². The Labute approximate surface area is 167 Å². The third kappa shape index (κ3) is 2.72. The van der Waals surface area contributed by atoms with Gasteiger partial charge in [-0.3, -0.25) is 0 Å². The molecule has 0 saturated heterocycles. The van der Waals surface area contributed by atoms with Crippen LogP contribution >= 0.6 is 0 Å². The number of rotatable bonds is 3. The van der Waals surface area contributed by atoms with Crippen LogP contribution in [0.4, 0.5) is 0 Å². The lowest BCUT2D eigenvalue weighted by Crippen LogP contribution is -2.63. The van der Waals surface area contributed by atoms with E-state index in [1.807, 2.05) is 0 Å². The third-order valence-corrected chi connectivity index (χ3v) is 9.21. The molecular formula is C24H41N3. The molecule has 0 aromatic heterocycles. The summed E-state index contributed by atoms with van der Waals surface area (Å²) in [5.74, 6) is 3.52. The molecule has 3 nitrogen and oxygen atoms in total. The highest BCUT2D eigenvalue weighted by atomic mass is 15.3. The lowest BCUT2D eigenvalue weighted by Gasteiger charge is -2.56. The molecule has 6 atom stereocenters. The fourth-order valence-corrected chi connectivity index (χ4v) is 7.03. The van der Waals surface area contributed by atoms with Crippen LogP contribution in [0.5, 0.6) is 0 Å². The van der Waals surface area contributed by atoms with Gasteiger partial charge in [0.1, 0.15) is 16.5 Å². The highest BCUT2D eigenvalue weighted by Gasteiger charge is 2.72. The van der Waals surface area contributed by atoms with Crippen LogP contribution in [-0.2, 0) is 0 Å². The third-order valence-electron chi connectivity index (χ3n) is 9.21. The summed E-state index contributed by atoms with van der Waals surface area (Å²) in [6.07, 6.45) is 7.90. The summed E-state index contributed by atoms with van der Waals surface area (Å²) in [4.78, 5) is 0. The smallest absolute Gasteiger partial charge is 0.111 e. The molecule has 1 aliphatic heterocycles. The molecule has 6 unspecified atom stereocenters. The van der Waals surface area contributed by atoms with Crippen molar-refractivity contribution >= 4 is 0 Å². The first kappa shape index (κ1) is 20.8. The van der Waals surface area contributed by atoms with Gasteiger partial charge in [-0.05, 0) is 80.5 Å². The Hall–Kier alpha value is -0.910. The first-order valence-electron chi connectivity index (χ1n) is 11.5. The molecule has 0 N–H and O–H groups in total. The molecule has 2 fully saturated rings. The zero-order chi connectivity index (χ0) is 20.0. The van der Waals surface area contributed by atoms with Crippen molar-refractivity contribution in [3.63, 3.8) is 0 Å². The second-order valence-electron chi connectivity index (χ2n) is 10.8. The number of azo groups is 1. The van der Waals surface area contributed by atoms with E-state index in [4.69, 9.17) is 10.2 Å². The van der Waals surface area contributed by atoms with Crippen molar-refractivity contribution < 1.29 is 0 Å². The van der Waals surface area contributed by atoms with Gasteiger partial charge in [-0.2, -0.15) is 15.5 Å². The molecule has 2 spiro atoms. The van der Waals surface area contributed by atoms with Crippen molar-refractivity contribution in [1.82, 2.24) is 0 Å². The lowest BCUT2D eigenvalue weighted by atomic mass is 9.45. The fourth-order valence-electron chi connectivity index (χ4n) is 7.03.